The van der Waals surface area contributed by atoms with E-state index in [-0.39, 0.29) is 65.7 Å². The van der Waals surface area contributed by atoms with Crippen molar-refractivity contribution < 1.29 is 50.7 Å². The SMILES string of the molecule is [Cl-].[Cl-].[Hf+4].c1ccc2[cH-]c(-p3ccc4ccccc43)cc2c1.c1ccc2[cH-]c(-p3ccc4ccccc43)cc2c1. The van der Waals surface area contributed by atoms with Crippen molar-refractivity contribution in [1.29, 1.82) is 0 Å². The van der Waals surface area contributed by atoms with E-state index in [9.17, 15) is 0 Å². The van der Waals surface area contributed by atoms with Crippen LogP contribution in [0.5, 0.6) is 0 Å². The van der Waals surface area contributed by atoms with E-state index in [0.717, 1.165) is 0 Å². The summed E-state index contributed by atoms with van der Waals surface area (Å²) in [6.45, 7) is 0. The molecule has 0 amide bonds. The Balaban J connectivity index is 0.000000168. The summed E-state index contributed by atoms with van der Waals surface area (Å²) < 4.78 is 0. The molecule has 0 saturated heterocycles. The molecule has 5 heteroatoms. The summed E-state index contributed by atoms with van der Waals surface area (Å²) in [5.41, 5.74) is 0. The molecule has 0 saturated carbocycles. The van der Waals surface area contributed by atoms with E-state index in [4.69, 9.17) is 0 Å². The molecular formula is C34H24Cl2HfP2. The Morgan fingerprint density at radius 1 is 0.410 bits per heavy atom. The monoisotopic (exact) mass is 744 g/mol. The van der Waals surface area contributed by atoms with Gasteiger partial charge in [0.15, 0.2) is 0 Å². The van der Waals surface area contributed by atoms with Crippen LogP contribution in [0.4, 0.5) is 0 Å². The van der Waals surface area contributed by atoms with E-state index < -0.39 is 0 Å². The summed E-state index contributed by atoms with van der Waals surface area (Å²) in [6.07, 6.45) is 0. The first kappa shape index (κ1) is 29.6. The zero-order valence-electron chi connectivity index (χ0n) is 21.0. The van der Waals surface area contributed by atoms with Gasteiger partial charge < -0.3 is 24.8 Å². The Bertz CT molecular complexity index is 1760. The van der Waals surface area contributed by atoms with Crippen LogP contribution in [0.3, 0.4) is 0 Å². The largest absolute Gasteiger partial charge is 4.00 e. The number of fused-ring (bicyclic) bond motifs is 4. The Morgan fingerprint density at radius 2 is 0.769 bits per heavy atom. The predicted molar refractivity (Wildman–Crippen MR) is 162 cm³/mol. The van der Waals surface area contributed by atoms with Crippen LogP contribution in [-0.4, -0.2) is 0 Å². The van der Waals surface area contributed by atoms with E-state index in [1.165, 1.54) is 53.2 Å². The van der Waals surface area contributed by atoms with Crippen LogP contribution in [-0.2, 0) is 25.8 Å². The van der Waals surface area contributed by atoms with E-state index in [2.05, 4.69) is 145 Å². The second-order valence-electron chi connectivity index (χ2n) is 9.17. The fourth-order valence-electron chi connectivity index (χ4n) is 5.16. The quantitative estimate of drug-likeness (QED) is 0.165. The molecule has 0 nitrogen and oxygen atoms in total. The van der Waals surface area contributed by atoms with Crippen LogP contribution >= 0.6 is 15.1 Å². The number of hydrogen-bond acceptors (Lipinski definition) is 0. The van der Waals surface area contributed by atoms with E-state index in [0.29, 0.717) is 0 Å². The third-order valence-electron chi connectivity index (χ3n) is 6.96. The molecule has 2 heterocycles. The minimum absolute atomic E-state index is 0. The van der Waals surface area contributed by atoms with Gasteiger partial charge in [0.2, 0.25) is 0 Å². The van der Waals surface area contributed by atoms with Crippen LogP contribution in [0, 0.1) is 0 Å². The summed E-state index contributed by atoms with van der Waals surface area (Å²) in [7, 11) is -0.567. The molecule has 2 unspecified atom stereocenters. The van der Waals surface area contributed by atoms with Crippen molar-refractivity contribution in [2.45, 2.75) is 0 Å². The van der Waals surface area contributed by atoms with Gasteiger partial charge in [-0.1, -0.05) is 71.3 Å². The molecule has 188 valence electrons. The molecule has 0 aliphatic rings. The van der Waals surface area contributed by atoms with Crippen LogP contribution < -0.4 is 24.8 Å². The molecule has 2 aromatic heterocycles. The van der Waals surface area contributed by atoms with Gasteiger partial charge in [-0.2, -0.15) is 12.1 Å². The van der Waals surface area contributed by atoms with Crippen LogP contribution in [0.1, 0.15) is 0 Å². The zero-order valence-corrected chi connectivity index (χ0v) is 27.9. The van der Waals surface area contributed by atoms with Crippen LogP contribution in [0.15, 0.2) is 145 Å². The molecule has 0 aliphatic heterocycles. The maximum Gasteiger partial charge on any atom is 4.00 e. The van der Waals surface area contributed by atoms with Crippen molar-refractivity contribution in [3.8, 4) is 10.6 Å². The third-order valence-corrected chi connectivity index (χ3v) is 11.3. The Kier molecular flexibility index (Phi) is 9.77. The topological polar surface area (TPSA) is 0 Å². The van der Waals surface area contributed by atoms with Gasteiger partial charge in [0.1, 0.15) is 0 Å². The molecule has 0 fully saturated rings. The van der Waals surface area contributed by atoms with Crippen molar-refractivity contribution in [3.63, 3.8) is 0 Å². The van der Waals surface area contributed by atoms with Gasteiger partial charge in [-0.25, -0.2) is 0 Å². The van der Waals surface area contributed by atoms with Crippen molar-refractivity contribution in [2.75, 3.05) is 0 Å². The second kappa shape index (κ2) is 12.9. The summed E-state index contributed by atoms with van der Waals surface area (Å²) in [6, 6.07) is 48.6. The molecule has 0 aliphatic carbocycles. The maximum atomic E-state index is 2.37. The smallest absolute Gasteiger partial charge is 1.00 e. The predicted octanol–water partition coefficient (Wildman–Crippen LogP) is 5.38. The Morgan fingerprint density at radius 3 is 1.18 bits per heavy atom. The molecular weight excluding hydrogens is 720 g/mol. The van der Waals surface area contributed by atoms with Gasteiger partial charge in [-0.05, 0) is 34.5 Å². The van der Waals surface area contributed by atoms with Crippen LogP contribution in [0.25, 0.3) is 53.2 Å². The van der Waals surface area contributed by atoms with Gasteiger partial charge in [-0.15, -0.1) is 85.1 Å². The molecule has 0 N–H and O–H groups in total. The fourth-order valence-corrected chi connectivity index (χ4v) is 9.46. The van der Waals surface area contributed by atoms with Gasteiger partial charge in [0, 0.05) is 10.2 Å². The first-order valence-electron chi connectivity index (χ1n) is 12.3. The molecule has 0 bridgehead atoms. The summed E-state index contributed by atoms with van der Waals surface area (Å²) in [5.74, 6) is 4.74. The first-order valence-corrected chi connectivity index (χ1v) is 15.1. The van der Waals surface area contributed by atoms with Crippen LogP contribution in [0.2, 0.25) is 0 Å². The van der Waals surface area contributed by atoms with Crippen molar-refractivity contribution in [1.82, 2.24) is 0 Å². The minimum atomic E-state index is -0.283. The minimum Gasteiger partial charge on any atom is -1.00 e. The normalized spacial score (nSPS) is 11.4. The second-order valence-corrected chi connectivity index (χ2v) is 13.2. The molecule has 2 atom stereocenters. The molecule has 8 rings (SSSR count). The number of hydrogen-bond donors (Lipinski definition) is 0. The van der Waals surface area contributed by atoms with Gasteiger partial charge >= 0.3 is 25.8 Å². The zero-order chi connectivity index (χ0) is 23.9. The average Bonchev–Trinajstić information content (AvgIpc) is 3.71. The van der Waals surface area contributed by atoms with Gasteiger partial charge in [0.05, 0.1) is 0 Å². The number of halogens is 2. The standard InChI is InChI=1S/2C17H12P.2ClH.Hf/c2*1-2-7-15-12-16(11-14(15)6-1)18-10-9-13-5-3-4-8-17(13)18;;;/h2*1-12H;2*1H;/q2*-1;;;+4/p-2. The van der Waals surface area contributed by atoms with E-state index in [1.54, 1.807) is 0 Å². The summed E-state index contributed by atoms with van der Waals surface area (Å²) in [4.78, 5) is 0. The first-order chi connectivity index (χ1) is 17.8. The van der Waals surface area contributed by atoms with Crippen molar-refractivity contribution in [3.05, 3.63) is 145 Å². The molecule has 8 aromatic rings. The van der Waals surface area contributed by atoms with E-state index in [1.807, 2.05) is 0 Å². The van der Waals surface area contributed by atoms with Gasteiger partial charge in [0.25, 0.3) is 0 Å². The number of benzene rings is 4. The fraction of sp³-hybridized carbons (Fsp3) is 0. The summed E-state index contributed by atoms with van der Waals surface area (Å²) in [5, 5.41) is 14.1. The summed E-state index contributed by atoms with van der Waals surface area (Å²) >= 11 is 0. The molecule has 39 heavy (non-hydrogen) atoms. The van der Waals surface area contributed by atoms with Gasteiger partial charge in [-0.3, -0.25) is 0 Å². The Labute approximate surface area is 262 Å². The molecule has 6 aromatic carbocycles. The molecule has 0 spiro atoms. The Hall–Kier alpha value is -2.37. The molecule has 0 radical (unpaired) electrons. The van der Waals surface area contributed by atoms with E-state index >= 15 is 0 Å². The third kappa shape index (κ3) is 5.76. The average molecular weight is 744 g/mol. The maximum absolute atomic E-state index is 2.37. The number of rotatable bonds is 2. The van der Waals surface area contributed by atoms with Crippen molar-refractivity contribution >= 4 is 57.6 Å². The van der Waals surface area contributed by atoms with Crippen molar-refractivity contribution in [2.24, 2.45) is 0 Å².